The molecule has 9 unspecified atom stereocenters. The van der Waals surface area contributed by atoms with Crippen LogP contribution in [-0.4, -0.2) is 110 Å². The van der Waals surface area contributed by atoms with E-state index in [1.165, 1.54) is 161 Å². The number of aliphatic hydroxyl groups is 7. The molecule has 1 rings (SSSR count). The summed E-state index contributed by atoms with van der Waals surface area (Å²) in [4.78, 5) is 13.1. The molecule has 1 saturated heterocycles. The number of ether oxygens (including phenoxy) is 2. The smallest absolute Gasteiger partial charge is 0.249 e. The molecule has 63 heavy (non-hydrogen) atoms. The quantitative estimate of drug-likeness (QED) is 0.0216. The van der Waals surface area contributed by atoms with Crippen molar-refractivity contribution in [2.24, 2.45) is 0 Å². The highest BCUT2D eigenvalue weighted by molar-refractivity contribution is 5.80. The van der Waals surface area contributed by atoms with Gasteiger partial charge in [-0.1, -0.05) is 219 Å². The zero-order chi connectivity index (χ0) is 46.2. The Labute approximate surface area is 385 Å². The van der Waals surface area contributed by atoms with Crippen LogP contribution in [-0.2, 0) is 14.3 Å². The maximum absolute atomic E-state index is 13.1. The molecule has 0 spiro atoms. The second-order valence-electron chi connectivity index (χ2n) is 19.0. The molecule has 374 valence electrons. The number of hydrogen-bond acceptors (Lipinski definition) is 10. The van der Waals surface area contributed by atoms with Crippen LogP contribution >= 0.6 is 0 Å². The van der Waals surface area contributed by atoms with Crippen LogP contribution in [0.25, 0.3) is 0 Å². The highest BCUT2D eigenvalue weighted by Gasteiger charge is 2.44. The van der Waals surface area contributed by atoms with Crippen LogP contribution in [0.15, 0.2) is 12.2 Å². The van der Waals surface area contributed by atoms with E-state index < -0.39 is 74.2 Å². The standard InChI is InChI=1S/C52H101NO10/c1-3-5-7-9-11-12-13-14-15-16-17-18-19-20-21-22-23-24-25-26-27-28-29-30-31-32-34-36-38-40-45(56)51(61)53-43(47(57)44(55)39-37-35-33-10-8-6-4-2)42-62-52-50(60)49(59)48(58)46(41-54)63-52/h20-21,43-50,52,54-60H,3-19,22-42H2,1-2H3,(H,53,61)/b21-20-. The number of allylic oxidation sites excluding steroid dienone is 2. The second-order valence-corrected chi connectivity index (χ2v) is 19.0. The Morgan fingerprint density at radius 2 is 0.921 bits per heavy atom. The molecule has 0 aromatic carbocycles. The minimum atomic E-state index is -1.66. The number of hydrogen-bond donors (Lipinski definition) is 8. The summed E-state index contributed by atoms with van der Waals surface area (Å²) in [6.45, 7) is 3.40. The summed E-state index contributed by atoms with van der Waals surface area (Å²) in [6, 6.07) is -1.16. The fraction of sp³-hybridized carbons (Fsp3) is 0.942. The van der Waals surface area contributed by atoms with Crippen molar-refractivity contribution >= 4 is 5.91 Å². The first kappa shape index (κ1) is 59.9. The molecule has 0 radical (unpaired) electrons. The predicted molar refractivity (Wildman–Crippen MR) is 256 cm³/mol. The minimum absolute atomic E-state index is 0.262. The van der Waals surface area contributed by atoms with Crippen LogP contribution in [0.5, 0.6) is 0 Å². The lowest BCUT2D eigenvalue weighted by Gasteiger charge is -2.40. The van der Waals surface area contributed by atoms with Crippen molar-refractivity contribution < 1.29 is 50.0 Å². The summed E-state index contributed by atoms with van der Waals surface area (Å²) in [7, 11) is 0. The van der Waals surface area contributed by atoms with Gasteiger partial charge in [-0.25, -0.2) is 0 Å². The largest absolute Gasteiger partial charge is 0.394 e. The molecule has 1 amide bonds. The van der Waals surface area contributed by atoms with Crippen molar-refractivity contribution in [1.29, 1.82) is 0 Å². The van der Waals surface area contributed by atoms with Gasteiger partial charge in [-0.05, 0) is 38.5 Å². The van der Waals surface area contributed by atoms with Crippen molar-refractivity contribution in [3.05, 3.63) is 12.2 Å². The Bertz CT molecular complexity index is 1030. The van der Waals surface area contributed by atoms with Crippen molar-refractivity contribution in [1.82, 2.24) is 5.32 Å². The van der Waals surface area contributed by atoms with Crippen LogP contribution in [0.3, 0.4) is 0 Å². The van der Waals surface area contributed by atoms with E-state index in [-0.39, 0.29) is 6.42 Å². The van der Waals surface area contributed by atoms with E-state index in [1.807, 2.05) is 0 Å². The van der Waals surface area contributed by atoms with E-state index in [2.05, 4.69) is 31.3 Å². The first-order chi connectivity index (χ1) is 30.7. The molecule has 9 atom stereocenters. The van der Waals surface area contributed by atoms with E-state index in [4.69, 9.17) is 9.47 Å². The number of nitrogens with one attached hydrogen (secondary N) is 1. The number of rotatable bonds is 45. The maximum Gasteiger partial charge on any atom is 0.249 e. The van der Waals surface area contributed by atoms with Gasteiger partial charge in [-0.15, -0.1) is 0 Å². The van der Waals surface area contributed by atoms with Crippen molar-refractivity contribution in [3.63, 3.8) is 0 Å². The Kier molecular flexibility index (Phi) is 40.1. The average Bonchev–Trinajstić information content (AvgIpc) is 3.28. The molecular weight excluding hydrogens is 799 g/mol. The van der Waals surface area contributed by atoms with Crippen molar-refractivity contribution in [2.45, 2.75) is 300 Å². The van der Waals surface area contributed by atoms with Gasteiger partial charge in [0.1, 0.15) is 36.6 Å². The second kappa shape index (κ2) is 42.2. The van der Waals surface area contributed by atoms with Gasteiger partial charge in [0.15, 0.2) is 6.29 Å². The monoisotopic (exact) mass is 900 g/mol. The highest BCUT2D eigenvalue weighted by atomic mass is 16.7. The molecule has 8 N–H and O–H groups in total. The van der Waals surface area contributed by atoms with Crippen molar-refractivity contribution in [3.8, 4) is 0 Å². The first-order valence-corrected chi connectivity index (χ1v) is 26.6. The van der Waals surface area contributed by atoms with E-state index in [0.29, 0.717) is 19.3 Å². The van der Waals surface area contributed by atoms with Crippen LogP contribution in [0.4, 0.5) is 0 Å². The molecule has 1 heterocycles. The number of carbonyl (C=O) groups is 1. The van der Waals surface area contributed by atoms with E-state index in [1.54, 1.807) is 0 Å². The molecule has 1 aliphatic rings. The van der Waals surface area contributed by atoms with Gasteiger partial charge in [0.05, 0.1) is 25.4 Å². The first-order valence-electron chi connectivity index (χ1n) is 26.6. The number of amides is 1. The molecule has 0 aromatic rings. The van der Waals surface area contributed by atoms with Gasteiger partial charge in [-0.3, -0.25) is 4.79 Å². The SMILES string of the molecule is CCCCCCCCCCCCCC/C=C\CCCCCCCCCCCCCCCC(O)C(=O)NC(COC1OC(CO)C(O)C(O)C1O)C(O)C(O)CCCCCCCCC. The summed E-state index contributed by atoms with van der Waals surface area (Å²) in [6.07, 6.45) is 36.1. The molecule has 0 aliphatic carbocycles. The van der Waals surface area contributed by atoms with Crippen LogP contribution in [0.1, 0.15) is 245 Å². The normalized spacial score (nSPS) is 21.2. The predicted octanol–water partition coefficient (Wildman–Crippen LogP) is 10.0. The molecule has 0 bridgehead atoms. The van der Waals surface area contributed by atoms with Gasteiger partial charge in [0.25, 0.3) is 0 Å². The maximum atomic E-state index is 13.1. The van der Waals surface area contributed by atoms with E-state index in [9.17, 15) is 40.5 Å². The number of carbonyl (C=O) groups excluding carboxylic acids is 1. The summed E-state index contributed by atoms with van der Waals surface area (Å²) in [5, 5.41) is 75.4. The third kappa shape index (κ3) is 31.5. The molecule has 1 aliphatic heterocycles. The fourth-order valence-electron chi connectivity index (χ4n) is 8.67. The van der Waals surface area contributed by atoms with Gasteiger partial charge in [-0.2, -0.15) is 0 Å². The molecule has 0 saturated carbocycles. The molecular formula is C52H101NO10. The van der Waals surface area contributed by atoms with Gasteiger partial charge in [0.2, 0.25) is 5.91 Å². The molecule has 0 aromatic heterocycles. The average molecular weight is 900 g/mol. The van der Waals surface area contributed by atoms with Crippen molar-refractivity contribution in [2.75, 3.05) is 13.2 Å². The van der Waals surface area contributed by atoms with Crippen LogP contribution in [0, 0.1) is 0 Å². The number of unbranched alkanes of at least 4 members (excludes halogenated alkanes) is 31. The lowest BCUT2D eigenvalue weighted by atomic mass is 9.98. The lowest BCUT2D eigenvalue weighted by Crippen LogP contribution is -2.60. The third-order valence-corrected chi connectivity index (χ3v) is 13.1. The van der Waals surface area contributed by atoms with Gasteiger partial charge >= 0.3 is 0 Å². The van der Waals surface area contributed by atoms with Gasteiger partial charge < -0.3 is 50.5 Å². The zero-order valence-electron chi connectivity index (χ0n) is 40.6. The topological polar surface area (TPSA) is 189 Å². The number of aliphatic hydroxyl groups excluding tert-OH is 7. The fourth-order valence-corrected chi connectivity index (χ4v) is 8.67. The highest BCUT2D eigenvalue weighted by Crippen LogP contribution is 2.23. The third-order valence-electron chi connectivity index (χ3n) is 13.1. The zero-order valence-corrected chi connectivity index (χ0v) is 40.6. The Morgan fingerprint density at radius 3 is 1.33 bits per heavy atom. The minimum Gasteiger partial charge on any atom is -0.394 e. The van der Waals surface area contributed by atoms with E-state index in [0.717, 1.165) is 44.9 Å². The lowest BCUT2D eigenvalue weighted by molar-refractivity contribution is -0.303. The van der Waals surface area contributed by atoms with E-state index >= 15 is 0 Å². The summed E-state index contributed by atoms with van der Waals surface area (Å²) in [5.74, 6) is -0.698. The molecule has 11 nitrogen and oxygen atoms in total. The summed E-state index contributed by atoms with van der Waals surface area (Å²) < 4.78 is 11.1. The summed E-state index contributed by atoms with van der Waals surface area (Å²) in [5.41, 5.74) is 0. The molecule has 11 heteroatoms. The summed E-state index contributed by atoms with van der Waals surface area (Å²) >= 11 is 0. The Balaban J connectivity index is 2.17. The van der Waals surface area contributed by atoms with Gasteiger partial charge in [0, 0.05) is 0 Å². The molecule has 1 fully saturated rings. The van der Waals surface area contributed by atoms with Crippen LogP contribution in [0.2, 0.25) is 0 Å². The Hall–Kier alpha value is -1.15. The van der Waals surface area contributed by atoms with Crippen LogP contribution < -0.4 is 5.32 Å². The Morgan fingerprint density at radius 1 is 0.540 bits per heavy atom.